The van der Waals surface area contributed by atoms with Crippen molar-refractivity contribution in [3.05, 3.63) is 59.8 Å². The molecule has 0 bridgehead atoms. The third kappa shape index (κ3) is 3.84. The number of aromatic carboxylic acids is 1. The average Bonchev–Trinajstić information content (AvgIpc) is 3.04. The predicted molar refractivity (Wildman–Crippen MR) is 109 cm³/mol. The van der Waals surface area contributed by atoms with Gasteiger partial charge in [0.2, 0.25) is 0 Å². The van der Waals surface area contributed by atoms with Crippen LogP contribution in [0.25, 0.3) is 16.9 Å². The molecule has 8 heteroatoms. The second-order valence-corrected chi connectivity index (χ2v) is 8.52. The minimum Gasteiger partial charge on any atom is -0.497 e. The van der Waals surface area contributed by atoms with Crippen molar-refractivity contribution in [2.75, 3.05) is 20.5 Å². The van der Waals surface area contributed by atoms with Gasteiger partial charge in [0.05, 0.1) is 36.1 Å². The fourth-order valence-electron chi connectivity index (χ4n) is 3.19. The van der Waals surface area contributed by atoms with Crippen molar-refractivity contribution < 1.29 is 27.8 Å². The Bertz CT molecular complexity index is 1180. The second kappa shape index (κ2) is 7.63. The molecule has 1 heterocycles. The van der Waals surface area contributed by atoms with Crippen LogP contribution in [0, 0.1) is 6.92 Å². The quantitative estimate of drug-likeness (QED) is 0.661. The Balaban J connectivity index is 2.30. The summed E-state index contributed by atoms with van der Waals surface area (Å²) in [6.45, 7) is 1.71. The molecule has 0 aliphatic rings. The average molecular weight is 415 g/mol. The monoisotopic (exact) mass is 415 g/mol. The number of carbonyl (C=O) groups is 1. The van der Waals surface area contributed by atoms with Crippen LogP contribution in [0.1, 0.15) is 16.1 Å². The highest BCUT2D eigenvalue weighted by molar-refractivity contribution is 7.90. The molecule has 0 saturated heterocycles. The van der Waals surface area contributed by atoms with E-state index in [1.54, 1.807) is 55.0 Å². The van der Waals surface area contributed by atoms with Gasteiger partial charge < -0.3 is 19.1 Å². The van der Waals surface area contributed by atoms with Crippen LogP contribution in [0.3, 0.4) is 0 Å². The third-order valence-electron chi connectivity index (χ3n) is 4.68. The van der Waals surface area contributed by atoms with E-state index in [-0.39, 0.29) is 10.5 Å². The van der Waals surface area contributed by atoms with Gasteiger partial charge in [0, 0.05) is 18.0 Å². The summed E-state index contributed by atoms with van der Waals surface area (Å²) in [7, 11) is -0.264. The van der Waals surface area contributed by atoms with Crippen LogP contribution < -0.4 is 9.47 Å². The Morgan fingerprint density at radius 2 is 1.66 bits per heavy atom. The van der Waals surface area contributed by atoms with E-state index in [1.807, 2.05) is 0 Å². The summed E-state index contributed by atoms with van der Waals surface area (Å²) < 4.78 is 36.1. The normalized spacial score (nSPS) is 11.3. The van der Waals surface area contributed by atoms with Gasteiger partial charge in [-0.25, -0.2) is 13.2 Å². The maximum absolute atomic E-state index is 11.8. The maximum Gasteiger partial charge on any atom is 0.337 e. The minimum atomic E-state index is -3.34. The number of hydrogen-bond acceptors (Lipinski definition) is 5. The molecule has 0 spiro atoms. The summed E-state index contributed by atoms with van der Waals surface area (Å²) in [4.78, 5) is 12.0. The number of rotatable bonds is 6. The molecule has 0 atom stereocenters. The molecule has 0 amide bonds. The van der Waals surface area contributed by atoms with E-state index >= 15 is 0 Å². The zero-order valence-corrected chi connectivity index (χ0v) is 17.3. The lowest BCUT2D eigenvalue weighted by Crippen LogP contribution is -2.05. The highest BCUT2D eigenvalue weighted by atomic mass is 32.2. The van der Waals surface area contributed by atoms with Gasteiger partial charge >= 0.3 is 5.97 Å². The number of ether oxygens (including phenoxy) is 2. The van der Waals surface area contributed by atoms with Gasteiger partial charge in [-0.2, -0.15) is 0 Å². The van der Waals surface area contributed by atoms with Gasteiger partial charge in [-0.3, -0.25) is 0 Å². The summed E-state index contributed by atoms with van der Waals surface area (Å²) in [5.74, 6) is 0.0664. The fraction of sp³-hybridized carbons (Fsp3) is 0.190. The van der Waals surface area contributed by atoms with E-state index < -0.39 is 15.8 Å². The first kappa shape index (κ1) is 20.5. The SMILES string of the molecule is COc1ccc(OC)c(-n2c(-c3ccc(S(C)(=O)=O)cc3)cc(C(=O)O)c2C)c1. The molecule has 0 unspecified atom stereocenters. The number of methoxy groups -OCH3 is 2. The van der Waals surface area contributed by atoms with Crippen LogP contribution in [0.4, 0.5) is 0 Å². The number of aromatic nitrogens is 1. The molecule has 1 N–H and O–H groups in total. The molecule has 0 radical (unpaired) electrons. The van der Waals surface area contributed by atoms with E-state index in [4.69, 9.17) is 9.47 Å². The summed E-state index contributed by atoms with van der Waals surface area (Å²) in [6, 6.07) is 13.1. The molecule has 152 valence electrons. The van der Waals surface area contributed by atoms with Gasteiger partial charge in [-0.05, 0) is 42.8 Å². The summed E-state index contributed by atoms with van der Waals surface area (Å²) in [6.07, 6.45) is 1.14. The first-order valence-corrected chi connectivity index (χ1v) is 10.5. The second-order valence-electron chi connectivity index (χ2n) is 6.50. The van der Waals surface area contributed by atoms with E-state index in [2.05, 4.69) is 0 Å². The number of sulfone groups is 1. The summed E-state index contributed by atoms with van der Waals surface area (Å²) in [5.41, 5.74) is 2.51. The minimum absolute atomic E-state index is 0.136. The molecule has 29 heavy (non-hydrogen) atoms. The Labute approximate surface area is 169 Å². The van der Waals surface area contributed by atoms with Crippen LogP contribution in [0.5, 0.6) is 11.5 Å². The van der Waals surface area contributed by atoms with Crippen molar-refractivity contribution in [1.29, 1.82) is 0 Å². The predicted octanol–water partition coefficient (Wildman–Crippen LogP) is 3.57. The van der Waals surface area contributed by atoms with Crippen LogP contribution in [0.15, 0.2) is 53.4 Å². The molecular weight excluding hydrogens is 394 g/mol. The maximum atomic E-state index is 11.8. The van der Waals surface area contributed by atoms with Gasteiger partial charge in [-0.1, -0.05) is 12.1 Å². The molecule has 2 aromatic carbocycles. The molecule has 0 aliphatic carbocycles. The first-order valence-electron chi connectivity index (χ1n) is 8.66. The van der Waals surface area contributed by atoms with Crippen LogP contribution >= 0.6 is 0 Å². The van der Waals surface area contributed by atoms with Crippen molar-refractivity contribution >= 4 is 15.8 Å². The highest BCUT2D eigenvalue weighted by Gasteiger charge is 2.22. The standard InChI is InChI=1S/C21H21NO6S/c1-13-17(21(23)24)12-18(14-5-8-16(9-6-14)29(4,25)26)22(13)19-11-15(27-2)7-10-20(19)28-3/h5-12H,1-4H3,(H,23,24). The third-order valence-corrected chi connectivity index (χ3v) is 5.81. The molecule has 0 saturated carbocycles. The smallest absolute Gasteiger partial charge is 0.337 e. The van der Waals surface area contributed by atoms with Gasteiger partial charge in [-0.15, -0.1) is 0 Å². The molecule has 0 fully saturated rings. The lowest BCUT2D eigenvalue weighted by molar-refractivity contribution is 0.0696. The van der Waals surface area contributed by atoms with Crippen molar-refractivity contribution in [2.45, 2.75) is 11.8 Å². The lowest BCUT2D eigenvalue weighted by atomic mass is 10.1. The Morgan fingerprint density at radius 1 is 1.00 bits per heavy atom. The van der Waals surface area contributed by atoms with Gasteiger partial charge in [0.1, 0.15) is 11.5 Å². The van der Waals surface area contributed by atoms with Crippen molar-refractivity contribution in [3.8, 4) is 28.4 Å². The molecule has 1 aromatic heterocycles. The van der Waals surface area contributed by atoms with Crippen LogP contribution in [-0.2, 0) is 9.84 Å². The number of carboxylic acids is 1. The highest BCUT2D eigenvalue weighted by Crippen LogP contribution is 2.35. The number of hydrogen-bond donors (Lipinski definition) is 1. The van der Waals surface area contributed by atoms with E-state index in [0.717, 1.165) is 6.26 Å². The zero-order valence-electron chi connectivity index (χ0n) is 16.5. The molecule has 3 rings (SSSR count). The Hall–Kier alpha value is -3.26. The number of carboxylic acid groups (broad SMARTS) is 1. The van der Waals surface area contributed by atoms with E-state index in [9.17, 15) is 18.3 Å². The molecule has 3 aromatic rings. The van der Waals surface area contributed by atoms with Gasteiger partial charge in [0.25, 0.3) is 0 Å². The lowest BCUT2D eigenvalue weighted by Gasteiger charge is -2.17. The molecule has 7 nitrogen and oxygen atoms in total. The topological polar surface area (TPSA) is 94.8 Å². The summed E-state index contributed by atoms with van der Waals surface area (Å²) >= 11 is 0. The van der Waals surface area contributed by atoms with Crippen LogP contribution in [-0.4, -0.2) is 44.5 Å². The fourth-order valence-corrected chi connectivity index (χ4v) is 3.82. The zero-order chi connectivity index (χ0) is 21.3. The van der Waals surface area contributed by atoms with Crippen LogP contribution in [0.2, 0.25) is 0 Å². The largest absolute Gasteiger partial charge is 0.497 e. The first-order chi connectivity index (χ1) is 13.7. The van der Waals surface area contributed by atoms with Gasteiger partial charge in [0.15, 0.2) is 9.84 Å². The number of benzene rings is 2. The van der Waals surface area contributed by atoms with Crippen molar-refractivity contribution in [3.63, 3.8) is 0 Å². The Kier molecular flexibility index (Phi) is 5.39. The van der Waals surface area contributed by atoms with E-state index in [1.165, 1.54) is 19.2 Å². The summed E-state index contributed by atoms with van der Waals surface area (Å²) in [5, 5.41) is 9.63. The van der Waals surface area contributed by atoms with E-state index in [0.29, 0.717) is 34.1 Å². The molecular formula is C21H21NO6S. The van der Waals surface area contributed by atoms with Crippen molar-refractivity contribution in [1.82, 2.24) is 4.57 Å². The van der Waals surface area contributed by atoms with Crippen molar-refractivity contribution in [2.24, 2.45) is 0 Å². The number of nitrogens with zero attached hydrogens (tertiary/aromatic N) is 1. The molecule has 0 aliphatic heterocycles. The Morgan fingerprint density at radius 3 is 2.17 bits per heavy atom.